The molecule has 0 radical (unpaired) electrons. The highest BCUT2D eigenvalue weighted by Crippen LogP contribution is 2.12. The fourth-order valence-electron chi connectivity index (χ4n) is 1.67. The molecule has 2 rings (SSSR count). The number of hydrogen-bond acceptors (Lipinski definition) is 5. The van der Waals surface area contributed by atoms with Gasteiger partial charge in [-0.2, -0.15) is 0 Å². The summed E-state index contributed by atoms with van der Waals surface area (Å²) >= 11 is 0. The third-order valence-electron chi connectivity index (χ3n) is 2.78. The molecule has 0 aliphatic heterocycles. The van der Waals surface area contributed by atoms with Gasteiger partial charge in [0, 0.05) is 25.2 Å². The van der Waals surface area contributed by atoms with Gasteiger partial charge in [0.25, 0.3) is 5.91 Å². The van der Waals surface area contributed by atoms with Crippen molar-refractivity contribution in [3.63, 3.8) is 0 Å². The van der Waals surface area contributed by atoms with E-state index in [1.54, 1.807) is 19.2 Å². The third-order valence-corrected chi connectivity index (χ3v) is 2.78. The minimum Gasteiger partial charge on any atom is -0.476 e. The van der Waals surface area contributed by atoms with Gasteiger partial charge in [0.2, 0.25) is 5.88 Å². The van der Waals surface area contributed by atoms with Gasteiger partial charge in [-0.1, -0.05) is 18.2 Å². The van der Waals surface area contributed by atoms with Crippen LogP contribution in [0.2, 0.25) is 0 Å². The number of nitrogens with two attached hydrogens (primary N) is 1. The molecule has 1 aromatic carbocycles. The third kappa shape index (κ3) is 3.44. The highest BCUT2D eigenvalue weighted by atomic mass is 16.5. The highest BCUT2D eigenvalue weighted by Gasteiger charge is 2.06. The summed E-state index contributed by atoms with van der Waals surface area (Å²) in [6.45, 7) is 0.447. The lowest BCUT2D eigenvalue weighted by atomic mass is 10.1. The van der Waals surface area contributed by atoms with Crippen molar-refractivity contribution < 1.29 is 9.53 Å². The number of carbonyl (C=O) groups excluding carboxylic acids is 1. The molecule has 1 heterocycles. The van der Waals surface area contributed by atoms with Crippen molar-refractivity contribution >= 4 is 11.6 Å². The number of anilines is 1. The first kappa shape index (κ1) is 13.8. The molecular weight excluding hydrogens is 256 g/mol. The van der Waals surface area contributed by atoms with Gasteiger partial charge in [-0.15, -0.1) is 10.2 Å². The zero-order valence-electron chi connectivity index (χ0n) is 11.2. The Balaban J connectivity index is 1.88. The quantitative estimate of drug-likeness (QED) is 0.794. The van der Waals surface area contributed by atoms with E-state index in [1.165, 1.54) is 0 Å². The number of rotatable bonds is 5. The van der Waals surface area contributed by atoms with Crippen LogP contribution in [0.5, 0.6) is 5.88 Å². The molecule has 3 N–H and O–H groups in total. The normalized spacial score (nSPS) is 10.1. The molecule has 6 nitrogen and oxygen atoms in total. The molecule has 2 aromatic rings. The Morgan fingerprint density at radius 2 is 2.05 bits per heavy atom. The summed E-state index contributed by atoms with van der Waals surface area (Å²) in [5.41, 5.74) is 7.87. The maximum atomic E-state index is 11.3. The lowest BCUT2D eigenvalue weighted by molar-refractivity contribution is 0.0957. The van der Waals surface area contributed by atoms with Crippen molar-refractivity contribution in [2.24, 2.45) is 0 Å². The van der Waals surface area contributed by atoms with Gasteiger partial charge >= 0.3 is 0 Å². The Kier molecular flexibility index (Phi) is 4.49. The van der Waals surface area contributed by atoms with Crippen molar-refractivity contribution in [2.45, 2.75) is 6.42 Å². The van der Waals surface area contributed by atoms with Crippen LogP contribution >= 0.6 is 0 Å². The highest BCUT2D eigenvalue weighted by molar-refractivity contribution is 5.91. The Bertz CT molecular complexity index is 584. The molecular formula is C14H16N4O2. The number of nitrogens with zero attached hydrogens (tertiary/aromatic N) is 2. The summed E-state index contributed by atoms with van der Waals surface area (Å²) in [5.74, 6) is 0.105. The van der Waals surface area contributed by atoms with Gasteiger partial charge in [-0.3, -0.25) is 4.79 Å². The molecule has 1 amide bonds. The number of benzene rings is 1. The molecule has 0 spiro atoms. The SMILES string of the molecule is CNC(=O)c1ccc(OCCc2ccccc2N)nn1. The van der Waals surface area contributed by atoms with Crippen LogP contribution in [0, 0.1) is 0 Å². The number of nitrogens with one attached hydrogen (secondary N) is 1. The van der Waals surface area contributed by atoms with Crippen LogP contribution in [-0.2, 0) is 6.42 Å². The van der Waals surface area contributed by atoms with Gasteiger partial charge in [0.05, 0.1) is 6.61 Å². The summed E-state index contributed by atoms with van der Waals surface area (Å²) in [7, 11) is 1.54. The van der Waals surface area contributed by atoms with Gasteiger partial charge in [-0.25, -0.2) is 0 Å². The van der Waals surface area contributed by atoms with E-state index in [4.69, 9.17) is 10.5 Å². The van der Waals surface area contributed by atoms with E-state index in [-0.39, 0.29) is 11.6 Å². The summed E-state index contributed by atoms with van der Waals surface area (Å²) in [5, 5.41) is 10.1. The van der Waals surface area contributed by atoms with Gasteiger partial charge < -0.3 is 15.8 Å². The zero-order chi connectivity index (χ0) is 14.4. The molecule has 0 unspecified atom stereocenters. The first-order valence-electron chi connectivity index (χ1n) is 6.22. The van der Waals surface area contributed by atoms with Gasteiger partial charge in [-0.05, 0) is 17.7 Å². The fourth-order valence-corrected chi connectivity index (χ4v) is 1.67. The van der Waals surface area contributed by atoms with Crippen molar-refractivity contribution in [1.29, 1.82) is 0 Å². The van der Waals surface area contributed by atoms with E-state index in [0.29, 0.717) is 18.9 Å². The Morgan fingerprint density at radius 1 is 1.25 bits per heavy atom. The molecule has 0 aliphatic carbocycles. The van der Waals surface area contributed by atoms with E-state index < -0.39 is 0 Å². The fraction of sp³-hybridized carbons (Fsp3) is 0.214. The van der Waals surface area contributed by atoms with Crippen LogP contribution in [0.25, 0.3) is 0 Å². The van der Waals surface area contributed by atoms with Gasteiger partial charge in [0.1, 0.15) is 0 Å². The smallest absolute Gasteiger partial charge is 0.271 e. The average Bonchev–Trinajstić information content (AvgIpc) is 2.49. The molecule has 6 heteroatoms. The van der Waals surface area contributed by atoms with E-state index >= 15 is 0 Å². The number of para-hydroxylation sites is 1. The number of aromatic nitrogens is 2. The largest absolute Gasteiger partial charge is 0.476 e. The first-order valence-corrected chi connectivity index (χ1v) is 6.22. The molecule has 0 saturated heterocycles. The second-order valence-corrected chi connectivity index (χ2v) is 4.13. The van der Waals surface area contributed by atoms with E-state index in [9.17, 15) is 4.79 Å². The van der Waals surface area contributed by atoms with Crippen molar-refractivity contribution in [3.8, 4) is 5.88 Å². The van der Waals surface area contributed by atoms with Crippen LogP contribution < -0.4 is 15.8 Å². The minimum atomic E-state index is -0.277. The van der Waals surface area contributed by atoms with Crippen LogP contribution in [-0.4, -0.2) is 29.8 Å². The molecule has 0 bridgehead atoms. The van der Waals surface area contributed by atoms with Crippen molar-refractivity contribution in [2.75, 3.05) is 19.4 Å². The molecule has 0 atom stereocenters. The number of nitrogen functional groups attached to an aromatic ring is 1. The van der Waals surface area contributed by atoms with Crippen molar-refractivity contribution in [1.82, 2.24) is 15.5 Å². The summed E-state index contributed by atoms with van der Waals surface area (Å²) < 4.78 is 5.47. The molecule has 0 fully saturated rings. The average molecular weight is 272 g/mol. The standard InChI is InChI=1S/C14H16N4O2/c1-16-14(19)12-6-7-13(18-17-12)20-9-8-10-4-2-3-5-11(10)15/h2-7H,8-9,15H2,1H3,(H,16,19). The summed E-state index contributed by atoms with van der Waals surface area (Å²) in [6, 6.07) is 10.8. The minimum absolute atomic E-state index is 0.257. The van der Waals surface area contributed by atoms with Crippen LogP contribution in [0.15, 0.2) is 36.4 Å². The summed E-state index contributed by atoms with van der Waals surface area (Å²) in [4.78, 5) is 11.3. The maximum Gasteiger partial charge on any atom is 0.271 e. The zero-order valence-corrected chi connectivity index (χ0v) is 11.2. The number of hydrogen-bond donors (Lipinski definition) is 2. The van der Waals surface area contributed by atoms with Crippen LogP contribution in [0.1, 0.15) is 16.1 Å². The number of amides is 1. The predicted octanol–water partition coefficient (Wildman–Crippen LogP) is 1.04. The van der Waals surface area contributed by atoms with E-state index in [2.05, 4.69) is 15.5 Å². The first-order chi connectivity index (χ1) is 9.70. The molecule has 0 aliphatic rings. The number of ether oxygens (including phenoxy) is 1. The molecule has 20 heavy (non-hydrogen) atoms. The molecule has 1 aromatic heterocycles. The molecule has 0 saturated carbocycles. The lowest BCUT2D eigenvalue weighted by Gasteiger charge is -2.07. The predicted molar refractivity (Wildman–Crippen MR) is 75.5 cm³/mol. The Morgan fingerprint density at radius 3 is 2.70 bits per heavy atom. The topological polar surface area (TPSA) is 90.1 Å². The lowest BCUT2D eigenvalue weighted by Crippen LogP contribution is -2.19. The Hall–Kier alpha value is -2.63. The summed E-state index contributed by atoms with van der Waals surface area (Å²) in [6.07, 6.45) is 0.686. The maximum absolute atomic E-state index is 11.3. The number of carbonyl (C=O) groups is 1. The Labute approximate surface area is 117 Å². The molecule has 104 valence electrons. The van der Waals surface area contributed by atoms with Crippen LogP contribution in [0.3, 0.4) is 0 Å². The van der Waals surface area contributed by atoms with Crippen LogP contribution in [0.4, 0.5) is 5.69 Å². The van der Waals surface area contributed by atoms with E-state index in [0.717, 1.165) is 11.3 Å². The second kappa shape index (κ2) is 6.51. The van der Waals surface area contributed by atoms with Gasteiger partial charge in [0.15, 0.2) is 5.69 Å². The monoisotopic (exact) mass is 272 g/mol. The van der Waals surface area contributed by atoms with Crippen molar-refractivity contribution in [3.05, 3.63) is 47.7 Å². The van der Waals surface area contributed by atoms with E-state index in [1.807, 2.05) is 24.3 Å². The second-order valence-electron chi connectivity index (χ2n) is 4.13.